The Labute approximate surface area is 127 Å². The molecule has 0 aliphatic carbocycles. The second-order valence-electron chi connectivity index (χ2n) is 6.12. The highest BCUT2D eigenvalue weighted by Crippen LogP contribution is 2.22. The predicted octanol–water partition coefficient (Wildman–Crippen LogP) is 3.76. The Bertz CT molecular complexity index is 530. The van der Waals surface area contributed by atoms with Crippen LogP contribution in [0.2, 0.25) is 0 Å². The van der Waals surface area contributed by atoms with Gasteiger partial charge in [-0.1, -0.05) is 52.0 Å². The number of rotatable bonds is 5. The summed E-state index contributed by atoms with van der Waals surface area (Å²) in [6.45, 7) is 9.26. The summed E-state index contributed by atoms with van der Waals surface area (Å²) in [5.41, 5.74) is 2.39. The van der Waals surface area contributed by atoms with Crippen LogP contribution >= 0.6 is 0 Å². The van der Waals surface area contributed by atoms with Crippen LogP contribution in [0.4, 0.5) is 0 Å². The van der Waals surface area contributed by atoms with Crippen molar-refractivity contribution in [3.63, 3.8) is 0 Å². The van der Waals surface area contributed by atoms with Crippen molar-refractivity contribution in [1.29, 1.82) is 5.26 Å². The van der Waals surface area contributed by atoms with Gasteiger partial charge in [0, 0.05) is 12.6 Å². The topological polar surface area (TPSA) is 44.1 Å². The lowest BCUT2D eigenvalue weighted by Gasteiger charge is -2.19. The summed E-state index contributed by atoms with van der Waals surface area (Å²) in [6.07, 6.45) is 4.19. The van der Waals surface area contributed by atoms with Gasteiger partial charge >= 0.3 is 0 Å². The molecule has 0 atom stereocenters. The number of carbonyl (C=O) groups is 1. The van der Waals surface area contributed by atoms with Crippen LogP contribution in [0.3, 0.4) is 0 Å². The molecule has 112 valence electrons. The van der Waals surface area contributed by atoms with Crippen LogP contribution in [-0.4, -0.2) is 23.9 Å². The van der Waals surface area contributed by atoms with Gasteiger partial charge in [0.2, 0.25) is 5.91 Å². The van der Waals surface area contributed by atoms with Gasteiger partial charge in [-0.2, -0.15) is 5.26 Å². The van der Waals surface area contributed by atoms with Gasteiger partial charge in [-0.05, 0) is 29.0 Å². The van der Waals surface area contributed by atoms with Crippen molar-refractivity contribution in [3.8, 4) is 6.07 Å². The van der Waals surface area contributed by atoms with Crippen LogP contribution < -0.4 is 0 Å². The quantitative estimate of drug-likeness (QED) is 0.610. The van der Waals surface area contributed by atoms with Gasteiger partial charge in [-0.15, -0.1) is 0 Å². The number of benzene rings is 1. The molecular weight excluding hydrogens is 260 g/mol. The summed E-state index contributed by atoms with van der Waals surface area (Å²) < 4.78 is 0. The maximum absolute atomic E-state index is 12.0. The van der Waals surface area contributed by atoms with Crippen molar-refractivity contribution in [2.75, 3.05) is 13.1 Å². The monoisotopic (exact) mass is 284 g/mol. The molecule has 1 rings (SSSR count). The molecule has 21 heavy (non-hydrogen) atoms. The standard InChI is InChI=1S/C18H24N2O/c1-5-13-20(14-12-19)17(21)11-8-15-6-9-16(10-7-15)18(2,3)4/h6-11H,5,13-14H2,1-4H3. The Morgan fingerprint density at radius 1 is 1.29 bits per heavy atom. The van der Waals surface area contributed by atoms with Crippen molar-refractivity contribution >= 4 is 12.0 Å². The molecule has 1 aromatic carbocycles. The molecule has 1 aromatic rings. The van der Waals surface area contributed by atoms with E-state index in [0.29, 0.717) is 6.54 Å². The third-order valence-corrected chi connectivity index (χ3v) is 3.26. The molecule has 0 saturated heterocycles. The molecule has 0 radical (unpaired) electrons. The van der Waals surface area contributed by atoms with Gasteiger partial charge < -0.3 is 4.90 Å². The van der Waals surface area contributed by atoms with Crippen molar-refractivity contribution < 1.29 is 4.79 Å². The Kier molecular flexibility index (Phi) is 6.17. The fraction of sp³-hybridized carbons (Fsp3) is 0.444. The molecule has 0 N–H and O–H groups in total. The Balaban J connectivity index is 2.76. The van der Waals surface area contributed by atoms with Crippen molar-refractivity contribution in [2.24, 2.45) is 0 Å². The summed E-state index contributed by atoms with van der Waals surface area (Å²) in [4.78, 5) is 13.6. The Morgan fingerprint density at radius 2 is 1.90 bits per heavy atom. The molecule has 0 heterocycles. The van der Waals surface area contributed by atoms with Crippen LogP contribution in [0, 0.1) is 11.3 Å². The van der Waals surface area contributed by atoms with Crippen molar-refractivity contribution in [3.05, 3.63) is 41.5 Å². The van der Waals surface area contributed by atoms with E-state index in [9.17, 15) is 4.79 Å². The number of nitriles is 1. The van der Waals surface area contributed by atoms with Crippen LogP contribution in [0.1, 0.15) is 45.2 Å². The first-order valence-corrected chi connectivity index (χ1v) is 7.33. The van der Waals surface area contributed by atoms with Crippen LogP contribution in [0.25, 0.3) is 6.08 Å². The molecule has 0 saturated carbocycles. The third-order valence-electron chi connectivity index (χ3n) is 3.26. The first-order chi connectivity index (χ1) is 9.88. The van der Waals surface area contributed by atoms with Gasteiger partial charge in [0.25, 0.3) is 0 Å². The average Bonchev–Trinajstić information content (AvgIpc) is 2.44. The number of hydrogen-bond acceptors (Lipinski definition) is 2. The maximum atomic E-state index is 12.0. The molecule has 0 bridgehead atoms. The van der Waals surface area contributed by atoms with E-state index in [1.54, 1.807) is 17.1 Å². The van der Waals surface area contributed by atoms with E-state index in [4.69, 9.17) is 5.26 Å². The molecule has 3 nitrogen and oxygen atoms in total. The zero-order valence-corrected chi connectivity index (χ0v) is 13.4. The van der Waals surface area contributed by atoms with Gasteiger partial charge in [0.15, 0.2) is 0 Å². The van der Waals surface area contributed by atoms with E-state index < -0.39 is 0 Å². The lowest BCUT2D eigenvalue weighted by molar-refractivity contribution is -0.125. The second kappa shape index (κ2) is 7.64. The highest BCUT2D eigenvalue weighted by molar-refractivity contribution is 5.91. The van der Waals surface area contributed by atoms with E-state index in [1.807, 2.05) is 25.1 Å². The molecule has 0 fully saturated rings. The largest absolute Gasteiger partial charge is 0.326 e. The Hall–Kier alpha value is -2.08. The Morgan fingerprint density at radius 3 is 2.38 bits per heavy atom. The van der Waals surface area contributed by atoms with Gasteiger partial charge in [-0.3, -0.25) is 4.79 Å². The molecule has 3 heteroatoms. The zero-order chi connectivity index (χ0) is 15.9. The molecule has 0 spiro atoms. The minimum atomic E-state index is -0.113. The smallest absolute Gasteiger partial charge is 0.247 e. The lowest BCUT2D eigenvalue weighted by Crippen LogP contribution is -2.30. The number of carbonyl (C=O) groups excluding carboxylic acids is 1. The molecule has 0 unspecified atom stereocenters. The summed E-state index contributed by atoms with van der Waals surface area (Å²) in [5, 5.41) is 8.74. The predicted molar refractivity (Wildman–Crippen MR) is 86.7 cm³/mol. The summed E-state index contributed by atoms with van der Waals surface area (Å²) in [7, 11) is 0. The lowest BCUT2D eigenvalue weighted by atomic mass is 9.87. The molecule has 0 aliphatic rings. The normalized spacial score (nSPS) is 11.4. The summed E-state index contributed by atoms with van der Waals surface area (Å²) in [6, 6.07) is 10.2. The van der Waals surface area contributed by atoms with E-state index in [2.05, 4.69) is 32.9 Å². The zero-order valence-electron chi connectivity index (χ0n) is 13.4. The van der Waals surface area contributed by atoms with Gasteiger partial charge in [0.1, 0.15) is 6.54 Å². The fourth-order valence-electron chi connectivity index (χ4n) is 1.99. The first kappa shape index (κ1) is 17.0. The van der Waals surface area contributed by atoms with Crippen molar-refractivity contribution in [1.82, 2.24) is 4.90 Å². The van der Waals surface area contributed by atoms with Crippen molar-refractivity contribution in [2.45, 2.75) is 39.5 Å². The summed E-state index contributed by atoms with van der Waals surface area (Å²) >= 11 is 0. The minimum absolute atomic E-state index is 0.113. The van der Waals surface area contributed by atoms with Gasteiger partial charge in [-0.25, -0.2) is 0 Å². The number of hydrogen-bond donors (Lipinski definition) is 0. The number of amides is 1. The van der Waals surface area contributed by atoms with E-state index in [-0.39, 0.29) is 17.9 Å². The number of nitrogens with zero attached hydrogens (tertiary/aromatic N) is 2. The minimum Gasteiger partial charge on any atom is -0.326 e. The van der Waals surface area contributed by atoms with E-state index >= 15 is 0 Å². The highest BCUT2D eigenvalue weighted by atomic mass is 16.2. The molecule has 0 aliphatic heterocycles. The van der Waals surface area contributed by atoms with Crippen LogP contribution in [-0.2, 0) is 10.2 Å². The van der Waals surface area contributed by atoms with Crippen LogP contribution in [0.5, 0.6) is 0 Å². The highest BCUT2D eigenvalue weighted by Gasteiger charge is 2.12. The third kappa shape index (κ3) is 5.43. The van der Waals surface area contributed by atoms with E-state index in [1.165, 1.54) is 5.56 Å². The second-order valence-corrected chi connectivity index (χ2v) is 6.12. The maximum Gasteiger partial charge on any atom is 0.247 e. The van der Waals surface area contributed by atoms with E-state index in [0.717, 1.165) is 12.0 Å². The average molecular weight is 284 g/mol. The van der Waals surface area contributed by atoms with Gasteiger partial charge in [0.05, 0.1) is 6.07 Å². The first-order valence-electron chi connectivity index (χ1n) is 7.33. The molecular formula is C18H24N2O. The fourth-order valence-corrected chi connectivity index (χ4v) is 1.99. The van der Waals surface area contributed by atoms with Crippen LogP contribution in [0.15, 0.2) is 30.3 Å². The molecule has 0 aromatic heterocycles. The SMILES string of the molecule is CCCN(CC#N)C(=O)C=Cc1ccc(C(C)(C)C)cc1. The summed E-state index contributed by atoms with van der Waals surface area (Å²) in [5.74, 6) is -0.113. The molecule has 1 amide bonds.